The van der Waals surface area contributed by atoms with Crippen LogP contribution in [0.2, 0.25) is 5.02 Å². The summed E-state index contributed by atoms with van der Waals surface area (Å²) in [6.07, 6.45) is 0.360. The second-order valence-corrected chi connectivity index (χ2v) is 6.72. The van der Waals surface area contributed by atoms with E-state index in [4.69, 9.17) is 11.6 Å². The minimum atomic E-state index is -3.80. The second-order valence-electron chi connectivity index (χ2n) is 3.85. The Labute approximate surface area is 119 Å². The fourth-order valence-electron chi connectivity index (χ4n) is 1.54. The molecule has 104 valence electrons. The molecule has 9 heteroatoms. The first kappa shape index (κ1) is 14.5. The van der Waals surface area contributed by atoms with Crippen molar-refractivity contribution in [3.8, 4) is 0 Å². The molecule has 0 radical (unpaired) electrons. The van der Waals surface area contributed by atoms with Crippen molar-refractivity contribution in [1.29, 1.82) is 0 Å². The Morgan fingerprint density at radius 1 is 1.63 bits per heavy atom. The van der Waals surface area contributed by atoms with E-state index >= 15 is 0 Å². The molecule has 6 nitrogen and oxygen atoms in total. The molecule has 1 atom stereocenters. The van der Waals surface area contributed by atoms with Gasteiger partial charge in [-0.1, -0.05) is 11.6 Å². The average molecular weight is 322 g/mol. The molecule has 2 rings (SSSR count). The van der Waals surface area contributed by atoms with Crippen LogP contribution in [-0.2, 0) is 17.1 Å². The van der Waals surface area contributed by atoms with E-state index in [0.29, 0.717) is 5.56 Å². The predicted molar refractivity (Wildman–Crippen MR) is 72.7 cm³/mol. The number of hydrogen-bond acceptors (Lipinski definition) is 5. The van der Waals surface area contributed by atoms with Crippen LogP contribution in [0.1, 0.15) is 11.7 Å². The van der Waals surface area contributed by atoms with E-state index in [0.717, 1.165) is 0 Å². The van der Waals surface area contributed by atoms with Gasteiger partial charge in [-0.25, -0.2) is 13.1 Å². The van der Waals surface area contributed by atoms with Crippen molar-refractivity contribution >= 4 is 33.0 Å². The molecular weight excluding hydrogens is 310 g/mol. The zero-order valence-corrected chi connectivity index (χ0v) is 12.3. The molecule has 0 aromatic carbocycles. The van der Waals surface area contributed by atoms with E-state index in [-0.39, 0.29) is 16.6 Å². The monoisotopic (exact) mass is 321 g/mol. The highest BCUT2D eigenvalue weighted by Crippen LogP contribution is 2.20. The molecule has 19 heavy (non-hydrogen) atoms. The summed E-state index contributed by atoms with van der Waals surface area (Å²) in [5.74, 6) is 0. The van der Waals surface area contributed by atoms with E-state index < -0.39 is 16.1 Å². The number of aliphatic hydroxyl groups is 1. The minimum Gasteiger partial charge on any atom is -0.387 e. The van der Waals surface area contributed by atoms with Crippen LogP contribution in [0.5, 0.6) is 0 Å². The molecule has 0 saturated heterocycles. The van der Waals surface area contributed by atoms with Gasteiger partial charge in [0, 0.05) is 13.6 Å². The van der Waals surface area contributed by atoms with Crippen LogP contribution < -0.4 is 4.72 Å². The molecule has 0 saturated carbocycles. The van der Waals surface area contributed by atoms with Crippen molar-refractivity contribution in [2.24, 2.45) is 7.05 Å². The van der Waals surface area contributed by atoms with Gasteiger partial charge in [-0.05, 0) is 22.4 Å². The predicted octanol–water partition coefficient (Wildman–Crippen LogP) is 1.15. The standard InChI is InChI=1S/C10H12ClN3O3S2/c1-14-10(8(11)4-12-14)19(16,17)13-5-9(15)7-2-3-18-6-7/h2-4,6,9,13,15H,5H2,1H3. The molecule has 0 spiro atoms. The topological polar surface area (TPSA) is 84.2 Å². The zero-order valence-electron chi connectivity index (χ0n) is 9.95. The van der Waals surface area contributed by atoms with E-state index in [9.17, 15) is 13.5 Å². The van der Waals surface area contributed by atoms with Crippen LogP contribution in [0.4, 0.5) is 0 Å². The van der Waals surface area contributed by atoms with Gasteiger partial charge >= 0.3 is 0 Å². The van der Waals surface area contributed by atoms with Crippen molar-refractivity contribution in [3.05, 3.63) is 33.6 Å². The van der Waals surface area contributed by atoms with Gasteiger partial charge in [-0.2, -0.15) is 16.4 Å². The zero-order chi connectivity index (χ0) is 14.0. The lowest BCUT2D eigenvalue weighted by molar-refractivity contribution is 0.182. The van der Waals surface area contributed by atoms with Crippen molar-refractivity contribution in [2.45, 2.75) is 11.1 Å². The molecule has 2 aromatic heterocycles. The molecule has 1 unspecified atom stereocenters. The van der Waals surface area contributed by atoms with Crippen molar-refractivity contribution in [1.82, 2.24) is 14.5 Å². The molecular formula is C10H12ClN3O3S2. The molecule has 0 amide bonds. The maximum atomic E-state index is 12.0. The number of aryl methyl sites for hydroxylation is 1. The number of sulfonamides is 1. The number of nitrogens with zero attached hydrogens (tertiary/aromatic N) is 2. The fourth-order valence-corrected chi connectivity index (χ4v) is 3.94. The van der Waals surface area contributed by atoms with Gasteiger partial charge in [-0.15, -0.1) is 0 Å². The van der Waals surface area contributed by atoms with Crippen LogP contribution in [0.3, 0.4) is 0 Å². The van der Waals surface area contributed by atoms with Crippen LogP contribution >= 0.6 is 22.9 Å². The molecule has 0 aliphatic carbocycles. The smallest absolute Gasteiger partial charge is 0.259 e. The van der Waals surface area contributed by atoms with Gasteiger partial charge in [0.15, 0.2) is 5.03 Å². The normalized spacial score (nSPS) is 13.6. The number of thiophene rings is 1. The van der Waals surface area contributed by atoms with Gasteiger partial charge < -0.3 is 5.11 Å². The summed E-state index contributed by atoms with van der Waals surface area (Å²) in [6, 6.07) is 1.74. The van der Waals surface area contributed by atoms with E-state index in [1.807, 2.05) is 5.38 Å². The molecule has 2 aromatic rings. The van der Waals surface area contributed by atoms with Crippen LogP contribution in [0.15, 0.2) is 28.0 Å². The Morgan fingerprint density at radius 3 is 2.89 bits per heavy atom. The highest BCUT2D eigenvalue weighted by Gasteiger charge is 2.23. The lowest BCUT2D eigenvalue weighted by Crippen LogP contribution is -2.30. The Bertz CT molecular complexity index is 632. The number of nitrogens with one attached hydrogen (secondary N) is 1. The number of aromatic nitrogens is 2. The average Bonchev–Trinajstić information content (AvgIpc) is 2.96. The third kappa shape index (κ3) is 3.15. The summed E-state index contributed by atoms with van der Waals surface area (Å²) in [7, 11) is -2.32. The first-order valence-electron chi connectivity index (χ1n) is 5.29. The van der Waals surface area contributed by atoms with Gasteiger partial charge in [0.05, 0.1) is 17.3 Å². The maximum Gasteiger partial charge on any atom is 0.259 e. The highest BCUT2D eigenvalue weighted by molar-refractivity contribution is 7.89. The van der Waals surface area contributed by atoms with E-state index in [2.05, 4.69) is 9.82 Å². The van der Waals surface area contributed by atoms with Crippen LogP contribution in [-0.4, -0.2) is 29.8 Å². The molecule has 2 N–H and O–H groups in total. The molecule has 0 bridgehead atoms. The number of rotatable bonds is 5. The third-order valence-corrected chi connectivity index (χ3v) is 5.12. The molecule has 0 fully saturated rings. The molecule has 2 heterocycles. The Balaban J connectivity index is 2.11. The van der Waals surface area contributed by atoms with Crippen molar-refractivity contribution in [2.75, 3.05) is 6.54 Å². The van der Waals surface area contributed by atoms with Gasteiger partial charge in [0.25, 0.3) is 10.0 Å². The third-order valence-electron chi connectivity index (χ3n) is 2.49. The quantitative estimate of drug-likeness (QED) is 0.865. The summed E-state index contributed by atoms with van der Waals surface area (Å²) in [6.45, 7) is -0.124. The first-order valence-corrected chi connectivity index (χ1v) is 8.09. The lowest BCUT2D eigenvalue weighted by Gasteiger charge is -2.11. The Kier molecular flexibility index (Phi) is 4.26. The van der Waals surface area contributed by atoms with Crippen LogP contribution in [0.25, 0.3) is 0 Å². The number of hydrogen-bond donors (Lipinski definition) is 2. The highest BCUT2D eigenvalue weighted by atomic mass is 35.5. The summed E-state index contributed by atoms with van der Waals surface area (Å²) < 4.78 is 27.6. The largest absolute Gasteiger partial charge is 0.387 e. The van der Waals surface area contributed by atoms with Gasteiger partial charge in [0.1, 0.15) is 0 Å². The van der Waals surface area contributed by atoms with E-state index in [1.165, 1.54) is 29.3 Å². The lowest BCUT2D eigenvalue weighted by atomic mass is 10.2. The van der Waals surface area contributed by atoms with Crippen molar-refractivity contribution in [3.63, 3.8) is 0 Å². The fraction of sp³-hybridized carbons (Fsp3) is 0.300. The summed E-state index contributed by atoms with van der Waals surface area (Å²) >= 11 is 7.21. The van der Waals surface area contributed by atoms with Gasteiger partial charge in [-0.3, -0.25) is 4.68 Å². The van der Waals surface area contributed by atoms with Crippen LogP contribution in [0, 0.1) is 0 Å². The van der Waals surface area contributed by atoms with Gasteiger partial charge in [0.2, 0.25) is 0 Å². The molecule has 0 aliphatic heterocycles. The summed E-state index contributed by atoms with van der Waals surface area (Å²) in [5.41, 5.74) is 0.670. The SMILES string of the molecule is Cn1ncc(Cl)c1S(=O)(=O)NCC(O)c1ccsc1. The number of halogens is 1. The second kappa shape index (κ2) is 5.59. The minimum absolute atomic E-state index is 0.0417. The molecule has 0 aliphatic rings. The summed E-state index contributed by atoms with van der Waals surface area (Å²) in [5, 5.41) is 17.1. The first-order chi connectivity index (χ1) is 8.92. The number of aliphatic hydroxyl groups excluding tert-OH is 1. The Hall–Kier alpha value is -0.930. The summed E-state index contributed by atoms with van der Waals surface area (Å²) in [4.78, 5) is 0. The van der Waals surface area contributed by atoms with E-state index in [1.54, 1.807) is 11.4 Å². The Morgan fingerprint density at radius 2 is 2.37 bits per heavy atom. The maximum absolute atomic E-state index is 12.0. The van der Waals surface area contributed by atoms with Crippen molar-refractivity contribution < 1.29 is 13.5 Å².